The molecule has 0 spiro atoms. The van der Waals surface area contributed by atoms with Gasteiger partial charge in [-0.3, -0.25) is 0 Å². The zero-order chi connectivity index (χ0) is 13.7. The van der Waals surface area contributed by atoms with Gasteiger partial charge in [0, 0.05) is 13.1 Å². The van der Waals surface area contributed by atoms with Gasteiger partial charge in [-0.2, -0.15) is 5.26 Å². The summed E-state index contributed by atoms with van der Waals surface area (Å²) in [6, 6.07) is 8.28. The van der Waals surface area contributed by atoms with E-state index >= 15 is 0 Å². The van der Waals surface area contributed by atoms with Crippen LogP contribution >= 0.6 is 0 Å². The zero-order valence-corrected chi connectivity index (χ0v) is 11.3. The van der Waals surface area contributed by atoms with Gasteiger partial charge in [0.2, 0.25) is 0 Å². The van der Waals surface area contributed by atoms with Crippen LogP contribution < -0.4 is 4.90 Å². The number of aryl methyl sites for hydroxylation is 1. The first kappa shape index (κ1) is 13.9. The molecule has 1 N–H and O–H groups in total. The molecule has 102 valence electrons. The van der Waals surface area contributed by atoms with E-state index in [0.717, 1.165) is 42.7 Å². The molecular formula is C15H20N2O2. The van der Waals surface area contributed by atoms with E-state index in [2.05, 4.69) is 11.0 Å². The first-order valence-electron chi connectivity index (χ1n) is 6.72. The molecule has 2 rings (SSSR count). The number of rotatable bonds is 4. The molecule has 4 nitrogen and oxygen atoms in total. The molecule has 1 aliphatic rings. The number of anilines is 1. The fraction of sp³-hybridized carbons (Fsp3) is 0.533. The highest BCUT2D eigenvalue weighted by Gasteiger charge is 2.21. The Bertz CT molecular complexity index is 460. The molecule has 19 heavy (non-hydrogen) atoms. The van der Waals surface area contributed by atoms with Gasteiger partial charge in [0.25, 0.3) is 0 Å². The maximum atomic E-state index is 9.21. The van der Waals surface area contributed by atoms with Crippen LogP contribution in [-0.4, -0.2) is 37.5 Å². The normalized spacial score (nSPS) is 16.4. The van der Waals surface area contributed by atoms with E-state index in [4.69, 9.17) is 9.84 Å². The van der Waals surface area contributed by atoms with E-state index in [1.54, 1.807) is 0 Å². The van der Waals surface area contributed by atoms with Crippen molar-refractivity contribution in [1.29, 1.82) is 5.26 Å². The number of ether oxygens (including phenoxy) is 1. The molecule has 0 radical (unpaired) electrons. The van der Waals surface area contributed by atoms with Gasteiger partial charge in [0.05, 0.1) is 30.6 Å². The smallest absolute Gasteiger partial charge is 0.101 e. The largest absolute Gasteiger partial charge is 0.394 e. The van der Waals surface area contributed by atoms with Gasteiger partial charge in [-0.05, 0) is 37.5 Å². The van der Waals surface area contributed by atoms with Crippen molar-refractivity contribution in [2.75, 3.05) is 31.2 Å². The molecule has 1 fully saturated rings. The summed E-state index contributed by atoms with van der Waals surface area (Å²) in [5.74, 6) is 0. The zero-order valence-electron chi connectivity index (χ0n) is 11.3. The number of hydrogen-bond acceptors (Lipinski definition) is 4. The Balaban J connectivity index is 2.00. The summed E-state index contributed by atoms with van der Waals surface area (Å²) in [5.41, 5.74) is 2.88. The standard InChI is InChI=1S/C15H20N2O2/c1-12-2-3-15(13(10-12)11-16)17-6-4-14(5-7-17)19-9-8-18/h2-3,10,14,18H,4-9H2,1H3. The molecule has 1 aliphatic heterocycles. The number of piperidine rings is 1. The summed E-state index contributed by atoms with van der Waals surface area (Å²) < 4.78 is 5.55. The van der Waals surface area contributed by atoms with Crippen LogP contribution in [-0.2, 0) is 4.74 Å². The van der Waals surface area contributed by atoms with Gasteiger partial charge < -0.3 is 14.7 Å². The van der Waals surface area contributed by atoms with Crippen molar-refractivity contribution in [1.82, 2.24) is 0 Å². The Morgan fingerprint density at radius 1 is 1.42 bits per heavy atom. The molecule has 0 atom stereocenters. The summed E-state index contributed by atoms with van der Waals surface area (Å²) in [4.78, 5) is 2.25. The van der Waals surface area contributed by atoms with Crippen molar-refractivity contribution < 1.29 is 9.84 Å². The van der Waals surface area contributed by atoms with Crippen LogP contribution in [0, 0.1) is 18.3 Å². The second-order valence-electron chi connectivity index (χ2n) is 4.91. The van der Waals surface area contributed by atoms with Crippen LogP contribution in [0.1, 0.15) is 24.0 Å². The van der Waals surface area contributed by atoms with E-state index in [-0.39, 0.29) is 12.7 Å². The van der Waals surface area contributed by atoms with Crippen molar-refractivity contribution in [3.8, 4) is 6.07 Å². The minimum atomic E-state index is 0.0801. The number of hydrogen-bond donors (Lipinski definition) is 1. The number of aliphatic hydroxyl groups excluding tert-OH is 1. The van der Waals surface area contributed by atoms with Crippen LogP contribution in [0.2, 0.25) is 0 Å². The van der Waals surface area contributed by atoms with Gasteiger partial charge >= 0.3 is 0 Å². The van der Waals surface area contributed by atoms with Crippen molar-refractivity contribution >= 4 is 5.69 Å². The van der Waals surface area contributed by atoms with Crippen LogP contribution in [0.5, 0.6) is 0 Å². The maximum absolute atomic E-state index is 9.21. The average molecular weight is 260 g/mol. The van der Waals surface area contributed by atoms with Crippen molar-refractivity contribution in [2.45, 2.75) is 25.9 Å². The summed E-state index contributed by atoms with van der Waals surface area (Å²) >= 11 is 0. The highest BCUT2D eigenvalue weighted by atomic mass is 16.5. The first-order chi connectivity index (χ1) is 9.24. The number of nitrogens with zero attached hydrogens (tertiary/aromatic N) is 2. The Kier molecular flexibility index (Phi) is 4.78. The lowest BCUT2D eigenvalue weighted by atomic mass is 10.0. The van der Waals surface area contributed by atoms with E-state index in [0.29, 0.717) is 6.61 Å². The topological polar surface area (TPSA) is 56.5 Å². The third-order valence-corrected chi connectivity index (χ3v) is 3.50. The van der Waals surface area contributed by atoms with Crippen molar-refractivity contribution in [3.63, 3.8) is 0 Å². The van der Waals surface area contributed by atoms with Gasteiger partial charge in [-0.25, -0.2) is 0 Å². The van der Waals surface area contributed by atoms with Crippen LogP contribution in [0.4, 0.5) is 5.69 Å². The predicted octanol–water partition coefficient (Wildman–Crippen LogP) is 1.84. The first-order valence-corrected chi connectivity index (χ1v) is 6.72. The molecule has 1 saturated heterocycles. The molecule has 1 aromatic rings. The Morgan fingerprint density at radius 3 is 2.79 bits per heavy atom. The fourth-order valence-corrected chi connectivity index (χ4v) is 2.50. The van der Waals surface area contributed by atoms with Gasteiger partial charge in [-0.15, -0.1) is 0 Å². The monoisotopic (exact) mass is 260 g/mol. The second kappa shape index (κ2) is 6.55. The van der Waals surface area contributed by atoms with Crippen LogP contribution in [0.15, 0.2) is 18.2 Å². The summed E-state index contributed by atoms with van der Waals surface area (Å²) in [5, 5.41) is 18.0. The molecule has 0 aromatic heterocycles. The Labute approximate surface area is 114 Å². The average Bonchev–Trinajstić information content (AvgIpc) is 2.45. The molecule has 0 saturated carbocycles. The van der Waals surface area contributed by atoms with E-state index in [1.165, 1.54) is 0 Å². The number of benzene rings is 1. The van der Waals surface area contributed by atoms with Crippen molar-refractivity contribution in [3.05, 3.63) is 29.3 Å². The van der Waals surface area contributed by atoms with E-state index in [9.17, 15) is 5.26 Å². The summed E-state index contributed by atoms with van der Waals surface area (Å²) in [6.07, 6.45) is 2.12. The lowest BCUT2D eigenvalue weighted by Crippen LogP contribution is -2.37. The predicted molar refractivity (Wildman–Crippen MR) is 74.2 cm³/mol. The lowest BCUT2D eigenvalue weighted by Gasteiger charge is -2.34. The van der Waals surface area contributed by atoms with Gasteiger partial charge in [0.15, 0.2) is 0 Å². The SMILES string of the molecule is Cc1ccc(N2CCC(OCCO)CC2)c(C#N)c1. The minimum Gasteiger partial charge on any atom is -0.394 e. The second-order valence-corrected chi connectivity index (χ2v) is 4.91. The molecule has 1 heterocycles. The Hall–Kier alpha value is -1.57. The third-order valence-electron chi connectivity index (χ3n) is 3.50. The molecule has 0 amide bonds. The van der Waals surface area contributed by atoms with E-state index in [1.807, 2.05) is 25.1 Å². The third kappa shape index (κ3) is 3.46. The number of aliphatic hydroxyl groups is 1. The van der Waals surface area contributed by atoms with Crippen LogP contribution in [0.25, 0.3) is 0 Å². The molecule has 1 aromatic carbocycles. The molecule has 0 bridgehead atoms. The number of nitriles is 1. The van der Waals surface area contributed by atoms with Crippen LogP contribution in [0.3, 0.4) is 0 Å². The Morgan fingerprint density at radius 2 is 2.16 bits per heavy atom. The minimum absolute atomic E-state index is 0.0801. The molecule has 0 aliphatic carbocycles. The molecular weight excluding hydrogens is 240 g/mol. The summed E-state index contributed by atoms with van der Waals surface area (Å²) in [7, 11) is 0. The maximum Gasteiger partial charge on any atom is 0.101 e. The molecule has 4 heteroatoms. The molecule has 0 unspecified atom stereocenters. The quantitative estimate of drug-likeness (QED) is 0.897. The summed E-state index contributed by atoms with van der Waals surface area (Å²) in [6.45, 7) is 4.29. The van der Waals surface area contributed by atoms with Crippen molar-refractivity contribution in [2.24, 2.45) is 0 Å². The van der Waals surface area contributed by atoms with E-state index < -0.39 is 0 Å². The van der Waals surface area contributed by atoms with Gasteiger partial charge in [0.1, 0.15) is 6.07 Å². The highest BCUT2D eigenvalue weighted by Crippen LogP contribution is 2.25. The highest BCUT2D eigenvalue weighted by molar-refractivity contribution is 5.60. The lowest BCUT2D eigenvalue weighted by molar-refractivity contribution is 0.0159. The fourth-order valence-electron chi connectivity index (χ4n) is 2.50. The van der Waals surface area contributed by atoms with Gasteiger partial charge in [-0.1, -0.05) is 6.07 Å².